The van der Waals surface area contributed by atoms with Crippen molar-refractivity contribution in [2.75, 3.05) is 6.61 Å². The second-order valence-electron chi connectivity index (χ2n) is 4.27. The standard InChI is InChI=1S/C13H14N2O4/c16-7-9-1-5-11(6-2-9)19-8-12(17)15-13(18)14-10-3-4-10/h1-2,5-7,10H,3-4,8H2,(H2,14,15,17,18). The van der Waals surface area contributed by atoms with Gasteiger partial charge in [0.15, 0.2) is 6.61 Å². The molecule has 1 aromatic carbocycles. The number of amides is 3. The monoisotopic (exact) mass is 262 g/mol. The quantitative estimate of drug-likeness (QED) is 0.771. The Kier molecular flexibility index (Phi) is 4.12. The molecule has 2 rings (SSSR count). The van der Waals surface area contributed by atoms with Crippen molar-refractivity contribution in [2.45, 2.75) is 18.9 Å². The minimum absolute atomic E-state index is 0.199. The number of imide groups is 1. The van der Waals surface area contributed by atoms with Crippen molar-refractivity contribution in [1.29, 1.82) is 0 Å². The van der Waals surface area contributed by atoms with E-state index in [0.29, 0.717) is 11.3 Å². The molecule has 3 amide bonds. The van der Waals surface area contributed by atoms with Gasteiger partial charge < -0.3 is 10.1 Å². The summed E-state index contributed by atoms with van der Waals surface area (Å²) in [5.41, 5.74) is 0.528. The SMILES string of the molecule is O=Cc1ccc(OCC(=O)NC(=O)NC2CC2)cc1. The largest absolute Gasteiger partial charge is 0.484 e. The number of aldehydes is 1. The Hall–Kier alpha value is -2.37. The Bertz CT molecular complexity index is 480. The van der Waals surface area contributed by atoms with Gasteiger partial charge in [-0.3, -0.25) is 14.9 Å². The number of carbonyl (C=O) groups is 3. The molecule has 0 radical (unpaired) electrons. The van der Waals surface area contributed by atoms with Crippen LogP contribution < -0.4 is 15.4 Å². The van der Waals surface area contributed by atoms with E-state index >= 15 is 0 Å². The van der Waals surface area contributed by atoms with Crippen molar-refractivity contribution in [3.63, 3.8) is 0 Å². The van der Waals surface area contributed by atoms with Gasteiger partial charge in [-0.2, -0.15) is 0 Å². The van der Waals surface area contributed by atoms with Crippen LogP contribution in [0.1, 0.15) is 23.2 Å². The minimum atomic E-state index is -0.516. The fraction of sp³-hybridized carbons (Fsp3) is 0.308. The molecule has 1 fully saturated rings. The maximum Gasteiger partial charge on any atom is 0.321 e. The number of rotatable bonds is 5. The van der Waals surface area contributed by atoms with Crippen molar-refractivity contribution in [1.82, 2.24) is 10.6 Å². The lowest BCUT2D eigenvalue weighted by atomic mass is 10.2. The Labute approximate surface area is 110 Å². The number of hydrogen-bond acceptors (Lipinski definition) is 4. The zero-order valence-electron chi connectivity index (χ0n) is 10.2. The van der Waals surface area contributed by atoms with Crippen LogP contribution in [0.4, 0.5) is 4.79 Å². The first kappa shape index (κ1) is 13.1. The fourth-order valence-electron chi connectivity index (χ4n) is 1.40. The Morgan fingerprint density at radius 3 is 2.53 bits per heavy atom. The first-order valence-corrected chi connectivity index (χ1v) is 5.96. The molecule has 100 valence electrons. The number of benzene rings is 1. The molecule has 0 aliphatic heterocycles. The molecule has 0 saturated heterocycles. The maximum absolute atomic E-state index is 11.4. The summed E-state index contributed by atoms with van der Waals surface area (Å²) in [6, 6.07) is 6.04. The number of ether oxygens (including phenoxy) is 1. The molecule has 6 heteroatoms. The molecule has 19 heavy (non-hydrogen) atoms. The average Bonchev–Trinajstić information content (AvgIpc) is 3.20. The molecular weight excluding hydrogens is 248 g/mol. The van der Waals surface area contributed by atoms with Gasteiger partial charge in [-0.05, 0) is 37.1 Å². The van der Waals surface area contributed by atoms with Crippen molar-refractivity contribution >= 4 is 18.2 Å². The highest BCUT2D eigenvalue weighted by atomic mass is 16.5. The van der Waals surface area contributed by atoms with E-state index in [1.807, 2.05) is 0 Å². The zero-order chi connectivity index (χ0) is 13.7. The van der Waals surface area contributed by atoms with Crippen LogP contribution in [0.3, 0.4) is 0 Å². The van der Waals surface area contributed by atoms with E-state index in [1.54, 1.807) is 24.3 Å². The summed E-state index contributed by atoms with van der Waals surface area (Å²) in [7, 11) is 0. The van der Waals surface area contributed by atoms with Crippen LogP contribution in [0.2, 0.25) is 0 Å². The molecule has 1 aliphatic carbocycles. The van der Waals surface area contributed by atoms with Gasteiger partial charge in [-0.25, -0.2) is 4.79 Å². The second kappa shape index (κ2) is 5.99. The van der Waals surface area contributed by atoms with Crippen molar-refractivity contribution in [3.8, 4) is 5.75 Å². The third-order valence-electron chi connectivity index (χ3n) is 2.55. The number of nitrogens with one attached hydrogen (secondary N) is 2. The number of urea groups is 1. The summed E-state index contributed by atoms with van der Waals surface area (Å²) in [6.07, 6.45) is 2.64. The number of carbonyl (C=O) groups excluding carboxylic acids is 3. The summed E-state index contributed by atoms with van der Waals surface area (Å²) in [6.45, 7) is -0.251. The zero-order valence-corrected chi connectivity index (χ0v) is 10.2. The lowest BCUT2D eigenvalue weighted by molar-refractivity contribution is -0.122. The highest BCUT2D eigenvalue weighted by Gasteiger charge is 2.23. The van der Waals surface area contributed by atoms with Gasteiger partial charge in [0, 0.05) is 11.6 Å². The van der Waals surface area contributed by atoms with Gasteiger partial charge in [0.25, 0.3) is 5.91 Å². The van der Waals surface area contributed by atoms with Crippen LogP contribution in [-0.4, -0.2) is 30.9 Å². The molecule has 0 atom stereocenters. The summed E-state index contributed by atoms with van der Waals surface area (Å²) in [5.74, 6) is -0.0547. The van der Waals surface area contributed by atoms with Gasteiger partial charge >= 0.3 is 6.03 Å². The third-order valence-corrected chi connectivity index (χ3v) is 2.55. The van der Waals surface area contributed by atoms with E-state index in [0.717, 1.165) is 19.1 Å². The molecule has 1 aromatic rings. The van der Waals surface area contributed by atoms with Gasteiger partial charge in [-0.1, -0.05) is 0 Å². The lowest BCUT2D eigenvalue weighted by Crippen LogP contribution is -2.42. The van der Waals surface area contributed by atoms with Crippen LogP contribution in [0, 0.1) is 0 Å². The van der Waals surface area contributed by atoms with Crippen LogP contribution in [-0.2, 0) is 4.79 Å². The highest BCUT2D eigenvalue weighted by Crippen LogP contribution is 2.18. The van der Waals surface area contributed by atoms with E-state index in [9.17, 15) is 14.4 Å². The van der Waals surface area contributed by atoms with Crippen molar-refractivity contribution in [2.24, 2.45) is 0 Å². The molecule has 1 saturated carbocycles. The van der Waals surface area contributed by atoms with Crippen LogP contribution in [0.5, 0.6) is 5.75 Å². The van der Waals surface area contributed by atoms with E-state index < -0.39 is 11.9 Å². The van der Waals surface area contributed by atoms with E-state index in [4.69, 9.17) is 4.74 Å². The van der Waals surface area contributed by atoms with Gasteiger partial charge in [0.2, 0.25) is 0 Å². The minimum Gasteiger partial charge on any atom is -0.484 e. The van der Waals surface area contributed by atoms with Crippen molar-refractivity contribution in [3.05, 3.63) is 29.8 Å². The molecule has 0 heterocycles. The fourth-order valence-corrected chi connectivity index (χ4v) is 1.40. The van der Waals surface area contributed by atoms with Crippen molar-refractivity contribution < 1.29 is 19.1 Å². The van der Waals surface area contributed by atoms with Gasteiger partial charge in [-0.15, -0.1) is 0 Å². The van der Waals surface area contributed by atoms with Gasteiger partial charge in [0.1, 0.15) is 12.0 Å². The van der Waals surface area contributed by atoms with Crippen LogP contribution in [0.15, 0.2) is 24.3 Å². The molecule has 2 N–H and O–H groups in total. The number of hydrogen-bond donors (Lipinski definition) is 2. The van der Waals surface area contributed by atoms with Gasteiger partial charge in [0.05, 0.1) is 0 Å². The molecule has 0 spiro atoms. The third kappa shape index (κ3) is 4.42. The molecule has 0 unspecified atom stereocenters. The Balaban J connectivity index is 1.72. The second-order valence-corrected chi connectivity index (χ2v) is 4.27. The van der Waals surface area contributed by atoms with E-state index in [-0.39, 0.29) is 12.6 Å². The first-order chi connectivity index (χ1) is 9.17. The summed E-state index contributed by atoms with van der Waals surface area (Å²) >= 11 is 0. The topological polar surface area (TPSA) is 84.5 Å². The summed E-state index contributed by atoms with van der Waals surface area (Å²) < 4.78 is 5.18. The molecular formula is C13H14N2O4. The average molecular weight is 262 g/mol. The Morgan fingerprint density at radius 2 is 1.95 bits per heavy atom. The van der Waals surface area contributed by atoms with E-state index in [2.05, 4.69) is 10.6 Å². The van der Waals surface area contributed by atoms with Crippen LogP contribution in [0.25, 0.3) is 0 Å². The highest BCUT2D eigenvalue weighted by molar-refractivity contribution is 5.95. The maximum atomic E-state index is 11.4. The predicted octanol–water partition coefficient (Wildman–Crippen LogP) is 0.866. The Morgan fingerprint density at radius 1 is 1.26 bits per heavy atom. The normalized spacial score (nSPS) is 13.5. The smallest absolute Gasteiger partial charge is 0.321 e. The molecule has 0 bridgehead atoms. The predicted molar refractivity (Wildman–Crippen MR) is 67.0 cm³/mol. The van der Waals surface area contributed by atoms with E-state index in [1.165, 1.54) is 0 Å². The molecule has 1 aliphatic rings. The first-order valence-electron chi connectivity index (χ1n) is 5.96. The summed E-state index contributed by atoms with van der Waals surface area (Å²) in [5, 5.41) is 4.81. The lowest BCUT2D eigenvalue weighted by Gasteiger charge is -2.07. The molecule has 6 nitrogen and oxygen atoms in total. The summed E-state index contributed by atoms with van der Waals surface area (Å²) in [4.78, 5) is 33.1. The van der Waals surface area contributed by atoms with Crippen LogP contribution >= 0.6 is 0 Å². The molecule has 0 aromatic heterocycles.